The molecule has 6 nitrogen and oxygen atoms in total. The summed E-state index contributed by atoms with van der Waals surface area (Å²) in [6.45, 7) is 8.13. The Bertz CT molecular complexity index is 574. The Morgan fingerprint density at radius 2 is 2.00 bits per heavy atom. The number of hydrogen-bond donors (Lipinski definition) is 2. The Kier molecular flexibility index (Phi) is 4.22. The number of carbonyl (C=O) groups is 1. The van der Waals surface area contributed by atoms with Crippen molar-refractivity contribution in [3.05, 3.63) is 34.0 Å². The maximum Gasteiger partial charge on any atom is 0.256 e. The third-order valence-corrected chi connectivity index (χ3v) is 3.43. The summed E-state index contributed by atoms with van der Waals surface area (Å²) in [5, 5.41) is 13.8. The normalized spacial score (nSPS) is 10.8. The number of aromatic nitrogens is 3. The van der Waals surface area contributed by atoms with Crippen LogP contribution < -0.4 is 5.32 Å². The lowest BCUT2D eigenvalue weighted by Crippen LogP contribution is -2.25. The molecule has 2 aromatic rings. The maximum atomic E-state index is 12.0. The first kappa shape index (κ1) is 14.3. The Morgan fingerprint density at radius 3 is 2.55 bits per heavy atom. The zero-order chi connectivity index (χ0) is 14.7. The molecule has 0 spiro atoms. The van der Waals surface area contributed by atoms with E-state index in [1.807, 2.05) is 13.8 Å². The Hall–Kier alpha value is -2.11. The molecule has 108 valence electrons. The van der Waals surface area contributed by atoms with Crippen molar-refractivity contribution in [1.29, 1.82) is 0 Å². The van der Waals surface area contributed by atoms with Crippen molar-refractivity contribution in [3.8, 4) is 0 Å². The second-order valence-corrected chi connectivity index (χ2v) is 4.97. The number of H-pyrrole nitrogens is 1. The minimum atomic E-state index is -0.123. The molecule has 0 aliphatic rings. The first-order valence-corrected chi connectivity index (χ1v) is 6.72. The van der Waals surface area contributed by atoms with Gasteiger partial charge < -0.3 is 9.84 Å². The summed E-state index contributed by atoms with van der Waals surface area (Å²) in [5.41, 5.74) is 4.53. The van der Waals surface area contributed by atoms with E-state index in [9.17, 15) is 4.79 Å². The molecule has 0 saturated heterocycles. The molecule has 0 aromatic carbocycles. The molecule has 0 bridgehead atoms. The summed E-state index contributed by atoms with van der Waals surface area (Å²) in [6, 6.07) is 0. The largest absolute Gasteiger partial charge is 0.361 e. The molecule has 0 fully saturated rings. The first-order valence-electron chi connectivity index (χ1n) is 6.72. The third-order valence-electron chi connectivity index (χ3n) is 3.43. The number of aryl methyl sites for hydroxylation is 4. The number of nitrogens with zero attached hydrogens (tertiary/aromatic N) is 2. The topological polar surface area (TPSA) is 83.8 Å². The number of amides is 1. The van der Waals surface area contributed by atoms with Gasteiger partial charge in [0.05, 0.1) is 11.4 Å². The fraction of sp³-hybridized carbons (Fsp3) is 0.500. The maximum absolute atomic E-state index is 12.0. The molecule has 0 aliphatic carbocycles. The minimum absolute atomic E-state index is 0.123. The van der Waals surface area contributed by atoms with Gasteiger partial charge in [0.2, 0.25) is 0 Å². The number of rotatable bonds is 5. The van der Waals surface area contributed by atoms with Gasteiger partial charge >= 0.3 is 0 Å². The number of carbonyl (C=O) groups excluding carboxylic acids is 1. The van der Waals surface area contributed by atoms with Crippen molar-refractivity contribution >= 4 is 5.91 Å². The standard InChI is InChI=1S/C14H20N4O2/c1-8-12(9(2)17-16-8)6-5-7-15-14(19)13-10(3)18-20-11(13)4/h5-7H2,1-4H3,(H,15,19)(H,16,17). The zero-order valence-electron chi connectivity index (χ0n) is 12.3. The molecule has 6 heteroatoms. The number of aromatic amines is 1. The van der Waals surface area contributed by atoms with Crippen LogP contribution in [0.1, 0.15) is 45.2 Å². The predicted molar refractivity (Wildman–Crippen MR) is 74.7 cm³/mol. The van der Waals surface area contributed by atoms with Crippen LogP contribution in [-0.2, 0) is 6.42 Å². The molecule has 2 N–H and O–H groups in total. The number of nitrogens with one attached hydrogen (secondary N) is 2. The fourth-order valence-electron chi connectivity index (χ4n) is 2.31. The van der Waals surface area contributed by atoms with E-state index in [1.165, 1.54) is 5.56 Å². The van der Waals surface area contributed by atoms with Crippen LogP contribution in [0.15, 0.2) is 4.52 Å². The number of hydrogen-bond acceptors (Lipinski definition) is 4. The summed E-state index contributed by atoms with van der Waals surface area (Å²) < 4.78 is 4.99. The smallest absolute Gasteiger partial charge is 0.256 e. The van der Waals surface area contributed by atoms with E-state index in [-0.39, 0.29) is 5.91 Å². The molecular weight excluding hydrogens is 256 g/mol. The van der Waals surface area contributed by atoms with Crippen LogP contribution in [0.3, 0.4) is 0 Å². The molecule has 20 heavy (non-hydrogen) atoms. The van der Waals surface area contributed by atoms with Gasteiger partial charge in [-0.25, -0.2) is 0 Å². The van der Waals surface area contributed by atoms with Crippen LogP contribution in [0.25, 0.3) is 0 Å². The molecule has 2 heterocycles. The fourth-order valence-corrected chi connectivity index (χ4v) is 2.31. The lowest BCUT2D eigenvalue weighted by molar-refractivity contribution is 0.0951. The lowest BCUT2D eigenvalue weighted by Gasteiger charge is -2.05. The average Bonchev–Trinajstić information content (AvgIpc) is 2.90. The summed E-state index contributed by atoms with van der Waals surface area (Å²) in [6.07, 6.45) is 1.77. The Morgan fingerprint density at radius 1 is 1.25 bits per heavy atom. The molecule has 1 amide bonds. The highest BCUT2D eigenvalue weighted by atomic mass is 16.5. The summed E-state index contributed by atoms with van der Waals surface area (Å²) in [5.74, 6) is 0.434. The van der Waals surface area contributed by atoms with Crippen LogP contribution in [-0.4, -0.2) is 27.8 Å². The van der Waals surface area contributed by atoms with Gasteiger partial charge in [-0.2, -0.15) is 5.10 Å². The summed E-state index contributed by atoms with van der Waals surface area (Å²) in [7, 11) is 0. The van der Waals surface area contributed by atoms with Crippen molar-refractivity contribution in [1.82, 2.24) is 20.7 Å². The van der Waals surface area contributed by atoms with E-state index in [4.69, 9.17) is 4.52 Å². The minimum Gasteiger partial charge on any atom is -0.361 e. The second-order valence-electron chi connectivity index (χ2n) is 4.97. The molecule has 0 saturated carbocycles. The Labute approximate surface area is 117 Å². The van der Waals surface area contributed by atoms with Crippen LogP contribution in [0.5, 0.6) is 0 Å². The van der Waals surface area contributed by atoms with Crippen LogP contribution >= 0.6 is 0 Å². The van der Waals surface area contributed by atoms with Crippen LogP contribution in [0.4, 0.5) is 0 Å². The second kappa shape index (κ2) is 5.90. The molecular formula is C14H20N4O2. The molecule has 0 atom stereocenters. The van der Waals surface area contributed by atoms with Gasteiger partial charge in [0.1, 0.15) is 11.3 Å². The third kappa shape index (κ3) is 2.89. The van der Waals surface area contributed by atoms with Gasteiger partial charge in [-0.3, -0.25) is 9.89 Å². The van der Waals surface area contributed by atoms with E-state index in [0.29, 0.717) is 23.6 Å². The van der Waals surface area contributed by atoms with Crippen molar-refractivity contribution in [2.75, 3.05) is 6.54 Å². The van der Waals surface area contributed by atoms with E-state index in [0.717, 1.165) is 24.2 Å². The molecule has 0 unspecified atom stereocenters. The Balaban J connectivity index is 1.84. The van der Waals surface area contributed by atoms with Crippen LogP contribution in [0, 0.1) is 27.7 Å². The van der Waals surface area contributed by atoms with Gasteiger partial charge in [-0.15, -0.1) is 0 Å². The zero-order valence-corrected chi connectivity index (χ0v) is 12.3. The van der Waals surface area contributed by atoms with Gasteiger partial charge in [-0.1, -0.05) is 5.16 Å². The van der Waals surface area contributed by atoms with E-state index < -0.39 is 0 Å². The van der Waals surface area contributed by atoms with Gasteiger partial charge in [-0.05, 0) is 46.1 Å². The average molecular weight is 276 g/mol. The summed E-state index contributed by atoms with van der Waals surface area (Å²) in [4.78, 5) is 12.0. The monoisotopic (exact) mass is 276 g/mol. The summed E-state index contributed by atoms with van der Waals surface area (Å²) >= 11 is 0. The van der Waals surface area contributed by atoms with Gasteiger partial charge in [0.25, 0.3) is 5.91 Å². The van der Waals surface area contributed by atoms with E-state index >= 15 is 0 Å². The van der Waals surface area contributed by atoms with Crippen LogP contribution in [0.2, 0.25) is 0 Å². The van der Waals surface area contributed by atoms with Gasteiger partial charge in [0, 0.05) is 12.2 Å². The lowest BCUT2D eigenvalue weighted by atomic mass is 10.1. The van der Waals surface area contributed by atoms with E-state index in [1.54, 1.807) is 13.8 Å². The first-order chi connectivity index (χ1) is 9.50. The van der Waals surface area contributed by atoms with Gasteiger partial charge in [0.15, 0.2) is 0 Å². The quantitative estimate of drug-likeness (QED) is 0.818. The van der Waals surface area contributed by atoms with Crippen molar-refractivity contribution in [3.63, 3.8) is 0 Å². The predicted octanol–water partition coefficient (Wildman–Crippen LogP) is 1.99. The van der Waals surface area contributed by atoms with Crippen molar-refractivity contribution < 1.29 is 9.32 Å². The van der Waals surface area contributed by atoms with Crippen molar-refractivity contribution in [2.24, 2.45) is 0 Å². The molecule has 2 aromatic heterocycles. The molecule has 0 radical (unpaired) electrons. The highest BCUT2D eigenvalue weighted by Crippen LogP contribution is 2.13. The highest BCUT2D eigenvalue weighted by molar-refractivity contribution is 5.96. The molecule has 0 aliphatic heterocycles. The highest BCUT2D eigenvalue weighted by Gasteiger charge is 2.16. The SMILES string of the molecule is Cc1n[nH]c(C)c1CCCNC(=O)c1c(C)noc1C. The van der Waals surface area contributed by atoms with E-state index in [2.05, 4.69) is 20.7 Å². The molecule has 2 rings (SSSR count). The van der Waals surface area contributed by atoms with Crippen molar-refractivity contribution in [2.45, 2.75) is 40.5 Å².